The predicted molar refractivity (Wildman–Crippen MR) is 113 cm³/mol. The van der Waals surface area contributed by atoms with E-state index in [1.54, 1.807) is 0 Å². The maximum Gasteiger partial charge on any atom is 0.228 e. The molecule has 0 spiro atoms. The normalized spacial score (nSPS) is 14.9. The molecular weight excluding hydrogens is 370 g/mol. The van der Waals surface area contributed by atoms with E-state index in [4.69, 9.17) is 0 Å². The van der Waals surface area contributed by atoms with Crippen molar-refractivity contribution >= 4 is 28.3 Å². The Morgan fingerprint density at radius 2 is 1.89 bits per heavy atom. The molecule has 0 radical (unpaired) electrons. The quantitative estimate of drug-likeness (QED) is 0.723. The molecule has 1 aromatic carbocycles. The first kappa shape index (κ1) is 18.6. The molecule has 1 aliphatic heterocycles. The lowest BCUT2D eigenvalue weighted by molar-refractivity contribution is -0.120. The van der Waals surface area contributed by atoms with Gasteiger partial charge in [-0.15, -0.1) is 10.2 Å². The van der Waals surface area contributed by atoms with Crippen molar-refractivity contribution in [2.75, 3.05) is 23.3 Å². The third kappa shape index (κ3) is 4.04. The third-order valence-electron chi connectivity index (χ3n) is 5.14. The Hall–Kier alpha value is -2.80. The number of nitrogens with one attached hydrogen (secondary N) is 1. The Kier molecular flexibility index (Phi) is 5.34. The van der Waals surface area contributed by atoms with Crippen LogP contribution in [0.1, 0.15) is 24.1 Å². The van der Waals surface area contributed by atoms with Gasteiger partial charge in [0, 0.05) is 24.6 Å². The first-order valence-corrected chi connectivity index (χ1v) is 10.3. The summed E-state index contributed by atoms with van der Waals surface area (Å²) in [6.45, 7) is 5.61. The lowest BCUT2D eigenvalue weighted by atomic mass is 9.96. The van der Waals surface area contributed by atoms with Gasteiger partial charge in [-0.05, 0) is 62.0 Å². The maximum absolute atomic E-state index is 12.5. The van der Waals surface area contributed by atoms with Gasteiger partial charge >= 0.3 is 0 Å². The molecule has 1 amide bonds. The summed E-state index contributed by atoms with van der Waals surface area (Å²) in [6, 6.07) is 14.1. The number of hydrogen-bond donors (Lipinski definition) is 1. The van der Waals surface area contributed by atoms with E-state index in [0.717, 1.165) is 53.7 Å². The van der Waals surface area contributed by atoms with Gasteiger partial charge in [-0.2, -0.15) is 4.37 Å². The van der Waals surface area contributed by atoms with Gasteiger partial charge in [-0.1, -0.05) is 24.3 Å². The molecule has 3 aromatic rings. The monoisotopic (exact) mass is 393 g/mol. The highest BCUT2D eigenvalue weighted by atomic mass is 32.1. The molecule has 1 fully saturated rings. The fourth-order valence-electron chi connectivity index (χ4n) is 3.51. The van der Waals surface area contributed by atoms with Crippen LogP contribution < -0.4 is 10.2 Å². The van der Waals surface area contributed by atoms with Gasteiger partial charge in [0.25, 0.3) is 0 Å². The smallest absolute Gasteiger partial charge is 0.228 e. The van der Waals surface area contributed by atoms with Gasteiger partial charge in [-0.25, -0.2) is 0 Å². The second kappa shape index (κ2) is 8.06. The van der Waals surface area contributed by atoms with Crippen LogP contribution in [0.5, 0.6) is 0 Å². The highest BCUT2D eigenvalue weighted by Crippen LogP contribution is 2.26. The van der Waals surface area contributed by atoms with Gasteiger partial charge in [-0.3, -0.25) is 4.79 Å². The van der Waals surface area contributed by atoms with Crippen LogP contribution >= 0.6 is 11.5 Å². The summed E-state index contributed by atoms with van der Waals surface area (Å²) in [4.78, 5) is 14.7. The number of aryl methyl sites for hydroxylation is 2. The van der Waals surface area contributed by atoms with Crippen LogP contribution in [-0.4, -0.2) is 33.6 Å². The van der Waals surface area contributed by atoms with Crippen LogP contribution in [0.4, 0.5) is 10.8 Å². The van der Waals surface area contributed by atoms with Crippen LogP contribution in [0.2, 0.25) is 0 Å². The third-order valence-corrected chi connectivity index (χ3v) is 5.93. The van der Waals surface area contributed by atoms with Crippen molar-refractivity contribution in [3.05, 3.63) is 53.7 Å². The topological polar surface area (TPSA) is 71.0 Å². The van der Waals surface area contributed by atoms with E-state index in [0.29, 0.717) is 0 Å². The molecule has 0 unspecified atom stereocenters. The minimum atomic E-state index is 0.0258. The summed E-state index contributed by atoms with van der Waals surface area (Å²) in [5, 5.41) is 12.7. The fraction of sp³-hybridized carbons (Fsp3) is 0.333. The lowest BCUT2D eigenvalue weighted by Crippen LogP contribution is -2.38. The van der Waals surface area contributed by atoms with Gasteiger partial charge in [0.2, 0.25) is 5.91 Å². The molecule has 4 rings (SSSR count). The Bertz CT molecular complexity index is 961. The van der Waals surface area contributed by atoms with Crippen LogP contribution in [-0.2, 0) is 4.79 Å². The SMILES string of the molecule is Cc1cc(NC(=O)C2CCN(c3ccc(-c4ccccc4C)nn3)CC2)sn1. The molecule has 2 aromatic heterocycles. The molecule has 144 valence electrons. The van der Waals surface area contributed by atoms with E-state index in [2.05, 4.69) is 43.8 Å². The number of amides is 1. The summed E-state index contributed by atoms with van der Waals surface area (Å²) in [5.41, 5.74) is 4.11. The Labute approximate surface area is 168 Å². The van der Waals surface area contributed by atoms with Crippen LogP contribution in [0.25, 0.3) is 11.3 Å². The Morgan fingerprint density at radius 1 is 1.11 bits per heavy atom. The first-order valence-electron chi connectivity index (χ1n) is 9.49. The van der Waals surface area contributed by atoms with E-state index in [1.807, 2.05) is 37.3 Å². The number of carbonyl (C=O) groups is 1. The molecule has 0 aliphatic carbocycles. The predicted octanol–water partition coefficient (Wildman–Crippen LogP) is 4.07. The van der Waals surface area contributed by atoms with Crippen molar-refractivity contribution in [2.24, 2.45) is 5.92 Å². The standard InChI is InChI=1S/C21H23N5OS/c1-14-5-3-4-6-17(14)18-7-8-19(24-23-18)26-11-9-16(10-12-26)21(27)22-20-13-15(2)25-28-20/h3-8,13,16H,9-12H2,1-2H3,(H,22,27). The molecule has 7 heteroatoms. The largest absolute Gasteiger partial charge is 0.355 e. The minimum Gasteiger partial charge on any atom is -0.355 e. The van der Waals surface area contributed by atoms with E-state index in [-0.39, 0.29) is 11.8 Å². The highest BCUT2D eigenvalue weighted by Gasteiger charge is 2.26. The van der Waals surface area contributed by atoms with Crippen molar-refractivity contribution < 1.29 is 4.79 Å². The van der Waals surface area contributed by atoms with E-state index < -0.39 is 0 Å². The summed E-state index contributed by atoms with van der Waals surface area (Å²) in [6.07, 6.45) is 1.62. The molecule has 0 saturated carbocycles. The number of rotatable bonds is 4. The molecule has 1 N–H and O–H groups in total. The Morgan fingerprint density at radius 3 is 2.54 bits per heavy atom. The van der Waals surface area contributed by atoms with Crippen LogP contribution in [0.3, 0.4) is 0 Å². The van der Waals surface area contributed by atoms with Crippen molar-refractivity contribution in [1.29, 1.82) is 0 Å². The van der Waals surface area contributed by atoms with Gasteiger partial charge in [0.1, 0.15) is 5.00 Å². The average Bonchev–Trinajstić information content (AvgIpc) is 3.13. The number of hydrogen-bond acceptors (Lipinski definition) is 6. The summed E-state index contributed by atoms with van der Waals surface area (Å²) in [5.74, 6) is 0.983. The summed E-state index contributed by atoms with van der Waals surface area (Å²) >= 11 is 1.33. The second-order valence-corrected chi connectivity index (χ2v) is 7.98. The van der Waals surface area contributed by atoms with Crippen molar-refractivity contribution in [2.45, 2.75) is 26.7 Å². The van der Waals surface area contributed by atoms with Gasteiger partial charge < -0.3 is 10.2 Å². The minimum absolute atomic E-state index is 0.0258. The fourth-order valence-corrected chi connectivity index (χ4v) is 4.18. The zero-order valence-electron chi connectivity index (χ0n) is 16.1. The van der Waals surface area contributed by atoms with E-state index >= 15 is 0 Å². The van der Waals surface area contributed by atoms with Crippen molar-refractivity contribution in [3.8, 4) is 11.3 Å². The van der Waals surface area contributed by atoms with E-state index in [9.17, 15) is 4.79 Å². The van der Waals surface area contributed by atoms with Crippen molar-refractivity contribution in [3.63, 3.8) is 0 Å². The number of aromatic nitrogens is 3. The van der Waals surface area contributed by atoms with E-state index in [1.165, 1.54) is 17.1 Å². The zero-order chi connectivity index (χ0) is 19.5. The highest BCUT2D eigenvalue weighted by molar-refractivity contribution is 7.10. The summed E-state index contributed by atoms with van der Waals surface area (Å²) < 4.78 is 4.20. The molecule has 0 atom stereocenters. The molecular formula is C21H23N5OS. The molecule has 1 saturated heterocycles. The second-order valence-electron chi connectivity index (χ2n) is 7.17. The van der Waals surface area contributed by atoms with Crippen LogP contribution in [0, 0.1) is 19.8 Å². The zero-order valence-corrected chi connectivity index (χ0v) is 16.9. The van der Waals surface area contributed by atoms with Crippen LogP contribution in [0.15, 0.2) is 42.5 Å². The Balaban J connectivity index is 1.36. The number of anilines is 2. The summed E-state index contributed by atoms with van der Waals surface area (Å²) in [7, 11) is 0. The average molecular weight is 394 g/mol. The van der Waals surface area contributed by atoms with Gasteiger partial charge in [0.15, 0.2) is 5.82 Å². The molecule has 3 heterocycles. The number of carbonyl (C=O) groups excluding carboxylic acids is 1. The molecule has 28 heavy (non-hydrogen) atoms. The van der Waals surface area contributed by atoms with Gasteiger partial charge in [0.05, 0.1) is 11.4 Å². The molecule has 6 nitrogen and oxygen atoms in total. The first-order chi connectivity index (χ1) is 13.6. The maximum atomic E-state index is 12.5. The lowest BCUT2D eigenvalue weighted by Gasteiger charge is -2.31. The number of piperidine rings is 1. The van der Waals surface area contributed by atoms with Crippen molar-refractivity contribution in [1.82, 2.24) is 14.6 Å². The molecule has 1 aliphatic rings. The number of benzene rings is 1. The number of nitrogens with zero attached hydrogens (tertiary/aromatic N) is 4. The molecule has 0 bridgehead atoms.